The lowest BCUT2D eigenvalue weighted by Crippen LogP contribution is -2.31. The monoisotopic (exact) mass is 529 g/mol. The minimum Gasteiger partial charge on any atom is -0.427 e. The zero-order chi connectivity index (χ0) is 21.4. The van der Waals surface area contributed by atoms with E-state index in [0.29, 0.717) is 11.5 Å². The SMILES string of the molecule is C=Nc1ccc(-c2ccc(OI)c3c2C2(CCCC2)CC3)cc1NCC1CCCN1C. The van der Waals surface area contributed by atoms with Crippen LogP contribution in [0.1, 0.15) is 56.1 Å². The van der Waals surface area contributed by atoms with Gasteiger partial charge < -0.3 is 13.3 Å². The molecule has 1 atom stereocenters. The summed E-state index contributed by atoms with van der Waals surface area (Å²) in [7, 11) is 2.23. The molecule has 2 fully saturated rings. The molecule has 0 radical (unpaired) electrons. The fourth-order valence-corrected chi connectivity index (χ4v) is 6.70. The maximum atomic E-state index is 5.75. The van der Waals surface area contributed by atoms with E-state index in [1.54, 1.807) is 5.56 Å². The third-order valence-electron chi connectivity index (χ3n) is 7.98. The molecule has 5 rings (SSSR count). The lowest BCUT2D eigenvalue weighted by atomic mass is 9.77. The molecule has 0 aromatic heterocycles. The largest absolute Gasteiger partial charge is 0.427 e. The molecule has 1 N–H and O–H groups in total. The predicted octanol–water partition coefficient (Wildman–Crippen LogP) is 6.68. The summed E-state index contributed by atoms with van der Waals surface area (Å²) < 4.78 is 5.75. The standard InChI is InChI=1S/C26H32IN3O/c1-28-22-9-7-18(16-23(22)29-17-19-6-5-15-30(19)2)20-8-10-24(31-27)21-11-14-26(25(20)21)12-3-4-13-26/h7-10,16,19,29H,1,3-6,11-15,17H2,2H3. The molecular weight excluding hydrogens is 497 g/mol. The molecule has 0 amide bonds. The molecule has 1 saturated heterocycles. The lowest BCUT2D eigenvalue weighted by molar-refractivity contribution is 0.322. The van der Waals surface area contributed by atoms with Gasteiger partial charge in [0, 0.05) is 12.6 Å². The van der Waals surface area contributed by atoms with Gasteiger partial charge in [0.25, 0.3) is 0 Å². The minimum absolute atomic E-state index is 0.339. The van der Waals surface area contributed by atoms with E-state index < -0.39 is 0 Å². The number of halogens is 1. The van der Waals surface area contributed by atoms with Crippen molar-refractivity contribution >= 4 is 41.1 Å². The van der Waals surface area contributed by atoms with Gasteiger partial charge in [0.15, 0.2) is 23.0 Å². The van der Waals surface area contributed by atoms with Crippen LogP contribution in [0.3, 0.4) is 0 Å². The van der Waals surface area contributed by atoms with Crippen molar-refractivity contribution in [3.8, 4) is 16.9 Å². The first-order valence-electron chi connectivity index (χ1n) is 11.7. The molecule has 0 bridgehead atoms. The topological polar surface area (TPSA) is 36.9 Å². The number of rotatable bonds is 6. The number of benzene rings is 2. The van der Waals surface area contributed by atoms with Crippen LogP contribution in [0.5, 0.6) is 5.75 Å². The van der Waals surface area contributed by atoms with Crippen LogP contribution in [0.25, 0.3) is 11.1 Å². The van der Waals surface area contributed by atoms with E-state index in [-0.39, 0.29) is 0 Å². The summed E-state index contributed by atoms with van der Waals surface area (Å²) in [6, 6.07) is 11.7. The van der Waals surface area contributed by atoms with Gasteiger partial charge >= 0.3 is 0 Å². The Bertz CT molecular complexity index is 983. The Morgan fingerprint density at radius 1 is 1.19 bits per heavy atom. The fourth-order valence-electron chi connectivity index (χ4n) is 6.28. The van der Waals surface area contributed by atoms with Crippen molar-refractivity contribution in [3.63, 3.8) is 0 Å². The quantitative estimate of drug-likeness (QED) is 0.335. The van der Waals surface area contributed by atoms with Crippen LogP contribution in [-0.2, 0) is 11.8 Å². The molecule has 1 aliphatic heterocycles. The van der Waals surface area contributed by atoms with E-state index in [0.717, 1.165) is 30.1 Å². The van der Waals surface area contributed by atoms with E-state index in [1.165, 1.54) is 68.2 Å². The Labute approximate surface area is 200 Å². The Kier molecular flexibility index (Phi) is 5.99. The number of likely N-dealkylation sites (tertiary alicyclic amines) is 1. The van der Waals surface area contributed by atoms with E-state index in [2.05, 4.69) is 59.3 Å². The average Bonchev–Trinajstić information content (AvgIpc) is 3.53. The maximum Gasteiger partial charge on any atom is 0.192 e. The molecule has 31 heavy (non-hydrogen) atoms. The molecule has 2 aromatic rings. The smallest absolute Gasteiger partial charge is 0.192 e. The van der Waals surface area contributed by atoms with Crippen molar-refractivity contribution in [2.24, 2.45) is 4.99 Å². The van der Waals surface area contributed by atoms with Crippen molar-refractivity contribution in [3.05, 3.63) is 41.5 Å². The highest BCUT2D eigenvalue weighted by molar-refractivity contribution is 14.1. The van der Waals surface area contributed by atoms with Gasteiger partial charge in [-0.15, -0.1) is 0 Å². The highest BCUT2D eigenvalue weighted by atomic mass is 127. The van der Waals surface area contributed by atoms with Gasteiger partial charge in [0.1, 0.15) is 5.75 Å². The van der Waals surface area contributed by atoms with E-state index in [4.69, 9.17) is 3.07 Å². The summed E-state index contributed by atoms with van der Waals surface area (Å²) in [6.07, 6.45) is 10.2. The fraction of sp³-hybridized carbons (Fsp3) is 0.500. The van der Waals surface area contributed by atoms with Gasteiger partial charge in [-0.1, -0.05) is 25.0 Å². The van der Waals surface area contributed by atoms with Crippen LogP contribution in [0, 0.1) is 0 Å². The Balaban J connectivity index is 1.53. The van der Waals surface area contributed by atoms with Crippen LogP contribution in [0.4, 0.5) is 11.4 Å². The Morgan fingerprint density at radius 2 is 2.03 bits per heavy atom. The third-order valence-corrected chi connectivity index (χ3v) is 8.45. The van der Waals surface area contributed by atoms with Crippen molar-refractivity contribution in [1.29, 1.82) is 0 Å². The molecule has 4 nitrogen and oxygen atoms in total. The molecule has 1 saturated carbocycles. The lowest BCUT2D eigenvalue weighted by Gasteiger charge is -2.28. The number of likely N-dealkylation sites (N-methyl/N-ethyl adjacent to an activating group) is 1. The van der Waals surface area contributed by atoms with Gasteiger partial charge in [0.05, 0.1) is 11.4 Å². The van der Waals surface area contributed by atoms with Crippen LogP contribution in [-0.4, -0.2) is 37.8 Å². The Morgan fingerprint density at radius 3 is 2.74 bits per heavy atom. The first-order chi connectivity index (χ1) is 15.1. The van der Waals surface area contributed by atoms with E-state index >= 15 is 0 Å². The first-order valence-corrected chi connectivity index (χ1v) is 12.5. The molecule has 1 spiro atoms. The summed E-state index contributed by atoms with van der Waals surface area (Å²) in [4.78, 5) is 6.75. The van der Waals surface area contributed by atoms with Crippen LogP contribution in [0.15, 0.2) is 35.3 Å². The minimum atomic E-state index is 0.339. The van der Waals surface area contributed by atoms with Gasteiger partial charge in [-0.25, -0.2) is 0 Å². The van der Waals surface area contributed by atoms with Crippen LogP contribution >= 0.6 is 23.0 Å². The second-order valence-electron chi connectivity index (χ2n) is 9.58. The average molecular weight is 529 g/mol. The zero-order valence-corrected chi connectivity index (χ0v) is 20.6. The first kappa shape index (κ1) is 21.3. The number of nitrogens with one attached hydrogen (secondary N) is 1. The summed E-state index contributed by atoms with van der Waals surface area (Å²) in [5.74, 6) is 1.05. The van der Waals surface area contributed by atoms with Crippen LogP contribution in [0.2, 0.25) is 0 Å². The Hall–Kier alpha value is -1.60. The molecule has 164 valence electrons. The maximum absolute atomic E-state index is 5.75. The predicted molar refractivity (Wildman–Crippen MR) is 138 cm³/mol. The molecule has 2 aromatic carbocycles. The number of nitrogens with zero attached hydrogens (tertiary/aromatic N) is 2. The van der Waals surface area contributed by atoms with Crippen molar-refractivity contribution in [2.75, 3.05) is 25.5 Å². The number of anilines is 1. The summed E-state index contributed by atoms with van der Waals surface area (Å²) in [5.41, 5.74) is 8.01. The number of aliphatic imine (C=N–C) groups is 1. The van der Waals surface area contributed by atoms with Gasteiger partial charge in [-0.3, -0.25) is 4.99 Å². The summed E-state index contributed by atoms with van der Waals surface area (Å²) in [5, 5.41) is 3.70. The number of hydrogen-bond acceptors (Lipinski definition) is 4. The zero-order valence-electron chi connectivity index (χ0n) is 18.4. The molecule has 1 unspecified atom stereocenters. The molecule has 2 aliphatic carbocycles. The van der Waals surface area contributed by atoms with Crippen molar-refractivity contribution < 1.29 is 3.07 Å². The highest BCUT2D eigenvalue weighted by Gasteiger charge is 2.43. The van der Waals surface area contributed by atoms with E-state index in [9.17, 15) is 0 Å². The van der Waals surface area contributed by atoms with Gasteiger partial charge in [0.2, 0.25) is 0 Å². The van der Waals surface area contributed by atoms with Crippen molar-refractivity contribution in [2.45, 2.75) is 62.8 Å². The molecule has 5 heteroatoms. The molecule has 1 heterocycles. The molecule has 3 aliphatic rings. The summed E-state index contributed by atoms with van der Waals surface area (Å²) >= 11 is 2.04. The molecular formula is C26H32IN3O. The number of hydrogen-bond donors (Lipinski definition) is 1. The van der Waals surface area contributed by atoms with Crippen molar-refractivity contribution in [1.82, 2.24) is 4.90 Å². The third kappa shape index (κ3) is 3.78. The number of fused-ring (bicyclic) bond motifs is 2. The second-order valence-corrected chi connectivity index (χ2v) is 10.0. The second kappa shape index (κ2) is 8.74. The summed E-state index contributed by atoms with van der Waals surface area (Å²) in [6.45, 7) is 5.95. The normalized spacial score (nSPS) is 22.1. The highest BCUT2D eigenvalue weighted by Crippen LogP contribution is 2.55. The van der Waals surface area contributed by atoms with Gasteiger partial charge in [-0.2, -0.15) is 0 Å². The van der Waals surface area contributed by atoms with E-state index in [1.807, 2.05) is 23.0 Å². The van der Waals surface area contributed by atoms with Crippen LogP contribution < -0.4 is 8.38 Å². The van der Waals surface area contributed by atoms with Gasteiger partial charge in [-0.05, 0) is 105 Å².